The Labute approximate surface area is 272 Å². The van der Waals surface area contributed by atoms with E-state index in [1.165, 1.54) is 25.3 Å². The van der Waals surface area contributed by atoms with E-state index in [1.807, 2.05) is 0 Å². The maximum atomic E-state index is 13.4. The second-order valence-electron chi connectivity index (χ2n) is 9.98. The zero-order chi connectivity index (χ0) is 33.1. The number of methoxy groups -OCH3 is 1. The lowest BCUT2D eigenvalue weighted by atomic mass is 10.0. The summed E-state index contributed by atoms with van der Waals surface area (Å²) in [5.41, 5.74) is -2.18. The molecule has 1 aromatic heterocycles. The fourth-order valence-electron chi connectivity index (χ4n) is 4.54. The fourth-order valence-corrected chi connectivity index (χ4v) is 5.63. The van der Waals surface area contributed by atoms with Gasteiger partial charge in [-0.15, -0.1) is 0 Å². The van der Waals surface area contributed by atoms with Crippen LogP contribution in [0.2, 0.25) is 10.0 Å². The molecule has 13 heteroatoms. The topological polar surface area (TPSA) is 90.3 Å². The average molecular weight is 687 g/mol. The number of aromatic nitrogens is 2. The van der Waals surface area contributed by atoms with E-state index in [-0.39, 0.29) is 11.3 Å². The Kier molecular flexibility index (Phi) is 9.57. The van der Waals surface area contributed by atoms with Crippen LogP contribution in [-0.4, -0.2) is 36.6 Å². The maximum Gasteiger partial charge on any atom is 0.516 e. The molecule has 0 aliphatic heterocycles. The monoisotopic (exact) mass is 685 g/mol. The van der Waals surface area contributed by atoms with Crippen LogP contribution in [0.4, 0.5) is 18.9 Å². The van der Waals surface area contributed by atoms with Crippen LogP contribution in [0.5, 0.6) is 0 Å². The quantitative estimate of drug-likeness (QED) is 0.157. The van der Waals surface area contributed by atoms with E-state index in [0.29, 0.717) is 50.4 Å². The van der Waals surface area contributed by atoms with Crippen molar-refractivity contribution in [2.75, 3.05) is 11.8 Å². The minimum atomic E-state index is -5.72. The first-order valence-corrected chi connectivity index (χ1v) is 15.7. The number of esters is 1. The highest BCUT2D eigenvalue weighted by molar-refractivity contribution is 7.93. The Morgan fingerprint density at radius 3 is 2.30 bits per heavy atom. The van der Waals surface area contributed by atoms with Crippen molar-refractivity contribution >= 4 is 57.0 Å². The number of nitrogens with zero attached hydrogens (tertiary/aromatic N) is 2. The van der Waals surface area contributed by atoms with Crippen molar-refractivity contribution in [3.63, 3.8) is 0 Å². The first-order valence-electron chi connectivity index (χ1n) is 13.5. The number of imidazole rings is 1. The molecular weight excluding hydrogens is 662 g/mol. The normalized spacial score (nSPS) is 12.0. The van der Waals surface area contributed by atoms with E-state index in [0.717, 1.165) is 5.56 Å². The van der Waals surface area contributed by atoms with Crippen molar-refractivity contribution in [1.82, 2.24) is 9.55 Å². The van der Waals surface area contributed by atoms with Crippen LogP contribution >= 0.6 is 23.2 Å². The summed E-state index contributed by atoms with van der Waals surface area (Å²) in [6.07, 6.45) is 4.77. The number of alkyl halides is 3. The lowest BCUT2D eigenvalue weighted by molar-refractivity contribution is -0.0429. The smallest absolute Gasteiger partial charge is 0.465 e. The van der Waals surface area contributed by atoms with Gasteiger partial charge in [0.15, 0.2) is 0 Å². The highest BCUT2D eigenvalue weighted by atomic mass is 35.5. The lowest BCUT2D eigenvalue weighted by Gasteiger charge is -2.14. The Morgan fingerprint density at radius 2 is 1.65 bits per heavy atom. The molecule has 0 fully saturated rings. The number of anilines is 1. The first-order chi connectivity index (χ1) is 21.8. The summed E-state index contributed by atoms with van der Waals surface area (Å²) in [4.78, 5) is 16.6. The number of hydrogen-bond acceptors (Lipinski definition) is 5. The van der Waals surface area contributed by atoms with E-state index in [1.54, 1.807) is 100 Å². The number of sulfonamides is 1. The number of benzene rings is 4. The third-order valence-corrected chi connectivity index (χ3v) is 8.51. The lowest BCUT2D eigenvalue weighted by Crippen LogP contribution is -2.30. The standard InChI is InChI=1S/C33H24Cl2F3N3O4S/c1-45-32(42)24-9-7-21(8-10-24)19-41-20-30(27-15-14-26(34)18-28(27)35)39-31(41)16-13-23-11-12-25(22-5-3-2-4-6-22)17-29(23)40-46(43,44)33(36,37)38/h2-18,20,40H,19H2,1H3/b16-13+. The molecule has 0 radical (unpaired) electrons. The predicted molar refractivity (Wildman–Crippen MR) is 174 cm³/mol. The molecule has 0 spiro atoms. The SMILES string of the molecule is COC(=O)c1ccc(Cn2cc(-c3ccc(Cl)cc3Cl)nc2/C=C/c2ccc(-c3ccccc3)cc2NS(=O)(=O)C(F)(F)F)cc1. The van der Waals surface area contributed by atoms with Crippen LogP contribution in [0.1, 0.15) is 27.3 Å². The molecule has 0 saturated carbocycles. The zero-order valence-corrected chi connectivity index (χ0v) is 26.3. The molecule has 0 aliphatic rings. The molecule has 1 N–H and O–H groups in total. The Hall–Kier alpha value is -4.58. The first kappa shape index (κ1) is 32.8. The highest BCUT2D eigenvalue weighted by Crippen LogP contribution is 2.33. The number of carbonyl (C=O) groups excluding carboxylic acids is 1. The molecule has 0 amide bonds. The van der Waals surface area contributed by atoms with E-state index in [4.69, 9.17) is 32.9 Å². The van der Waals surface area contributed by atoms with Crippen LogP contribution in [-0.2, 0) is 21.3 Å². The van der Waals surface area contributed by atoms with Crippen molar-refractivity contribution in [3.05, 3.63) is 130 Å². The maximum absolute atomic E-state index is 13.4. The van der Waals surface area contributed by atoms with Gasteiger partial charge in [0, 0.05) is 23.3 Å². The van der Waals surface area contributed by atoms with Gasteiger partial charge >= 0.3 is 21.5 Å². The van der Waals surface area contributed by atoms with Crippen LogP contribution in [0.25, 0.3) is 34.5 Å². The summed E-state index contributed by atoms with van der Waals surface area (Å²) >= 11 is 12.5. The minimum absolute atomic E-state index is 0.163. The molecule has 236 valence electrons. The number of carbonyl (C=O) groups is 1. The van der Waals surface area contributed by atoms with Gasteiger partial charge < -0.3 is 9.30 Å². The van der Waals surface area contributed by atoms with Crippen molar-refractivity contribution in [1.29, 1.82) is 0 Å². The number of rotatable bonds is 9. The predicted octanol–water partition coefficient (Wildman–Crippen LogP) is 8.79. The Balaban J connectivity index is 1.57. The fraction of sp³-hybridized carbons (Fsp3) is 0.0909. The molecular formula is C33H24Cl2F3N3O4S. The van der Waals surface area contributed by atoms with Gasteiger partial charge in [-0.05, 0) is 70.8 Å². The van der Waals surface area contributed by atoms with Crippen LogP contribution < -0.4 is 4.72 Å². The van der Waals surface area contributed by atoms with Gasteiger partial charge in [-0.25, -0.2) is 9.78 Å². The third kappa shape index (κ3) is 7.44. The van der Waals surface area contributed by atoms with E-state index in [2.05, 4.69) is 0 Å². The van der Waals surface area contributed by atoms with Crippen LogP contribution in [0.15, 0.2) is 97.2 Å². The summed E-state index contributed by atoms with van der Waals surface area (Å²) in [5, 5.41) is 0.794. The summed E-state index contributed by atoms with van der Waals surface area (Å²) in [7, 11) is -4.43. The summed E-state index contributed by atoms with van der Waals surface area (Å²) < 4.78 is 72.6. The van der Waals surface area contributed by atoms with E-state index in [9.17, 15) is 26.4 Å². The number of nitrogens with one attached hydrogen (secondary N) is 1. The molecule has 4 aromatic carbocycles. The average Bonchev–Trinajstić information content (AvgIpc) is 3.41. The van der Waals surface area contributed by atoms with Gasteiger partial charge in [-0.1, -0.05) is 77.8 Å². The molecule has 0 aliphatic carbocycles. The number of ether oxygens (including phenoxy) is 1. The second kappa shape index (κ2) is 13.4. The minimum Gasteiger partial charge on any atom is -0.465 e. The largest absolute Gasteiger partial charge is 0.516 e. The zero-order valence-electron chi connectivity index (χ0n) is 23.9. The van der Waals surface area contributed by atoms with E-state index < -0.39 is 21.5 Å². The van der Waals surface area contributed by atoms with Crippen molar-refractivity contribution in [2.45, 2.75) is 12.1 Å². The molecule has 0 bridgehead atoms. The van der Waals surface area contributed by atoms with Crippen molar-refractivity contribution < 1.29 is 31.1 Å². The van der Waals surface area contributed by atoms with Gasteiger partial charge in [-0.2, -0.15) is 21.6 Å². The summed E-state index contributed by atoms with van der Waals surface area (Å²) in [5.74, 6) is -0.0949. The van der Waals surface area contributed by atoms with Crippen LogP contribution in [0.3, 0.4) is 0 Å². The Morgan fingerprint density at radius 1 is 0.935 bits per heavy atom. The molecule has 46 heavy (non-hydrogen) atoms. The summed E-state index contributed by atoms with van der Waals surface area (Å²) in [6.45, 7) is 0.292. The van der Waals surface area contributed by atoms with E-state index >= 15 is 0 Å². The number of hydrogen-bond donors (Lipinski definition) is 1. The van der Waals surface area contributed by atoms with Gasteiger partial charge in [-0.3, -0.25) is 4.72 Å². The molecule has 0 atom stereocenters. The number of halogens is 5. The molecule has 0 saturated heterocycles. The van der Waals surface area contributed by atoms with Crippen molar-refractivity contribution in [2.24, 2.45) is 0 Å². The molecule has 0 unspecified atom stereocenters. The van der Waals surface area contributed by atoms with Gasteiger partial charge in [0.1, 0.15) is 5.82 Å². The van der Waals surface area contributed by atoms with Gasteiger partial charge in [0.2, 0.25) is 0 Å². The van der Waals surface area contributed by atoms with Gasteiger partial charge in [0.25, 0.3) is 0 Å². The molecule has 5 aromatic rings. The Bertz CT molecular complexity index is 2030. The van der Waals surface area contributed by atoms with Crippen molar-refractivity contribution in [3.8, 4) is 22.4 Å². The second-order valence-corrected chi connectivity index (χ2v) is 12.5. The summed E-state index contributed by atoms with van der Waals surface area (Å²) in [6, 6.07) is 25.0. The van der Waals surface area contributed by atoms with Crippen LogP contribution in [0, 0.1) is 0 Å². The molecule has 5 rings (SSSR count). The highest BCUT2D eigenvalue weighted by Gasteiger charge is 2.46. The molecule has 1 heterocycles. The third-order valence-electron chi connectivity index (χ3n) is 6.86. The molecule has 7 nitrogen and oxygen atoms in total. The van der Waals surface area contributed by atoms with Gasteiger partial charge in [0.05, 0.1) is 29.1 Å².